The van der Waals surface area contributed by atoms with E-state index in [9.17, 15) is 19.2 Å². The fourth-order valence-corrected chi connectivity index (χ4v) is 4.60. The molecule has 1 fully saturated rings. The Hall–Kier alpha value is -3.47. The first-order valence-corrected chi connectivity index (χ1v) is 11.9. The molecular weight excluding hydrogens is 458 g/mol. The zero-order chi connectivity index (χ0) is 24.5. The fourth-order valence-electron chi connectivity index (χ4n) is 3.93. The van der Waals surface area contributed by atoms with Gasteiger partial charge in [-0.05, 0) is 45.1 Å². The van der Waals surface area contributed by atoms with Gasteiger partial charge in [-0.25, -0.2) is 9.31 Å². The lowest BCUT2D eigenvalue weighted by Crippen LogP contribution is -2.41. The van der Waals surface area contributed by atoms with Crippen LogP contribution in [-0.2, 0) is 4.74 Å². The number of aromatic amines is 1. The van der Waals surface area contributed by atoms with Gasteiger partial charge in [-0.3, -0.25) is 14.4 Å². The largest absolute Gasteiger partial charge is 0.444 e. The van der Waals surface area contributed by atoms with Gasteiger partial charge in [-0.15, -0.1) is 11.3 Å². The predicted molar refractivity (Wildman–Crippen MR) is 127 cm³/mol. The van der Waals surface area contributed by atoms with Gasteiger partial charge in [0.2, 0.25) is 0 Å². The van der Waals surface area contributed by atoms with E-state index in [-0.39, 0.29) is 41.1 Å². The number of nitrogens with zero attached hydrogens (tertiary/aromatic N) is 3. The molecule has 0 aliphatic carbocycles. The number of carbonyl (C=O) groups is 3. The lowest BCUT2D eigenvalue weighted by molar-refractivity contribution is 0.0203. The molecule has 4 rings (SSSR count). The number of piperidine rings is 1. The van der Waals surface area contributed by atoms with Crippen LogP contribution in [0.3, 0.4) is 0 Å². The van der Waals surface area contributed by atoms with E-state index in [4.69, 9.17) is 4.74 Å². The molecule has 3 aromatic rings. The molecule has 1 aliphatic heterocycles. The van der Waals surface area contributed by atoms with Crippen LogP contribution in [0.15, 0.2) is 34.6 Å². The molecule has 1 saturated heterocycles. The quantitative estimate of drug-likeness (QED) is 0.535. The van der Waals surface area contributed by atoms with Crippen LogP contribution in [0.4, 0.5) is 4.79 Å². The maximum absolute atomic E-state index is 12.7. The number of aromatic nitrogens is 3. The molecule has 1 aliphatic rings. The summed E-state index contributed by atoms with van der Waals surface area (Å²) in [6.45, 7) is 6.32. The minimum atomic E-state index is -0.562. The molecular formula is C23H27N5O5S. The lowest BCUT2D eigenvalue weighted by Gasteiger charge is -2.33. The van der Waals surface area contributed by atoms with Gasteiger partial charge in [0.25, 0.3) is 11.5 Å². The van der Waals surface area contributed by atoms with E-state index in [1.807, 2.05) is 20.8 Å². The Balaban J connectivity index is 1.48. The van der Waals surface area contributed by atoms with E-state index >= 15 is 0 Å². The molecule has 0 saturated carbocycles. The smallest absolute Gasteiger partial charge is 0.410 e. The highest BCUT2D eigenvalue weighted by molar-refractivity contribution is 7.12. The molecule has 0 aromatic carbocycles. The average molecular weight is 486 g/mol. The number of rotatable bonds is 5. The summed E-state index contributed by atoms with van der Waals surface area (Å²) in [6.07, 6.45) is 2.30. The standard InChI is InChI=1S/C23H27N5O5S/c1-23(2,3)33-22(32)27-8-6-14(7-9-27)16-11-19(30)26-20-15(12-25-28(16)20)21(31)24-13-17(29)18-5-4-10-34-18/h4-5,10-12,14H,6-9,13H2,1-3H3,(H,24,31)(H,26,30). The van der Waals surface area contributed by atoms with Gasteiger partial charge in [0, 0.05) is 25.1 Å². The summed E-state index contributed by atoms with van der Waals surface area (Å²) < 4.78 is 7.01. The summed E-state index contributed by atoms with van der Waals surface area (Å²) in [6, 6.07) is 4.96. The van der Waals surface area contributed by atoms with Crippen LogP contribution < -0.4 is 10.9 Å². The molecule has 2 amide bonds. The van der Waals surface area contributed by atoms with Crippen molar-refractivity contribution >= 4 is 34.8 Å². The molecule has 3 aromatic heterocycles. The molecule has 0 atom stereocenters. The van der Waals surface area contributed by atoms with E-state index in [0.29, 0.717) is 36.5 Å². The van der Waals surface area contributed by atoms with Crippen LogP contribution in [0.25, 0.3) is 5.65 Å². The first-order chi connectivity index (χ1) is 16.1. The molecule has 0 radical (unpaired) electrons. The van der Waals surface area contributed by atoms with E-state index in [0.717, 1.165) is 0 Å². The van der Waals surface area contributed by atoms with Gasteiger partial charge in [0.05, 0.1) is 23.3 Å². The number of likely N-dealkylation sites (tertiary alicyclic amines) is 1. The Morgan fingerprint density at radius 1 is 1.26 bits per heavy atom. The third-order valence-corrected chi connectivity index (χ3v) is 6.46. The first-order valence-electron chi connectivity index (χ1n) is 11.1. The van der Waals surface area contributed by atoms with E-state index in [1.54, 1.807) is 26.9 Å². The molecule has 0 spiro atoms. The summed E-state index contributed by atoms with van der Waals surface area (Å²) in [7, 11) is 0. The number of hydrogen-bond donors (Lipinski definition) is 2. The molecule has 10 nitrogen and oxygen atoms in total. The number of Topliss-reactive ketones (excluding diaryl/α,β-unsaturated/α-hetero) is 1. The summed E-state index contributed by atoms with van der Waals surface area (Å²) in [5.41, 5.74) is 0.229. The highest BCUT2D eigenvalue weighted by atomic mass is 32.1. The maximum Gasteiger partial charge on any atom is 0.410 e. The van der Waals surface area contributed by atoms with Crippen molar-refractivity contribution in [3.63, 3.8) is 0 Å². The van der Waals surface area contributed by atoms with Crippen molar-refractivity contribution in [3.8, 4) is 0 Å². The number of ether oxygens (including phenoxy) is 1. The number of H-pyrrole nitrogens is 1. The Kier molecular flexibility index (Phi) is 6.56. The van der Waals surface area contributed by atoms with Crippen LogP contribution in [0.1, 0.15) is 65.3 Å². The van der Waals surface area contributed by atoms with Crippen molar-refractivity contribution in [2.45, 2.75) is 45.1 Å². The third-order valence-electron chi connectivity index (χ3n) is 5.55. The SMILES string of the molecule is CC(C)(C)OC(=O)N1CCC(c2cc(=O)[nH]c3c(C(=O)NCC(=O)c4cccs4)cnn23)CC1. The summed E-state index contributed by atoms with van der Waals surface area (Å²) in [5.74, 6) is -0.696. The van der Waals surface area contributed by atoms with Gasteiger partial charge < -0.3 is 19.9 Å². The van der Waals surface area contributed by atoms with Crippen LogP contribution in [0.5, 0.6) is 0 Å². The highest BCUT2D eigenvalue weighted by Crippen LogP contribution is 2.28. The van der Waals surface area contributed by atoms with Gasteiger partial charge in [-0.1, -0.05) is 6.07 Å². The van der Waals surface area contributed by atoms with E-state index in [1.165, 1.54) is 23.6 Å². The molecule has 11 heteroatoms. The zero-order valence-electron chi connectivity index (χ0n) is 19.3. The highest BCUT2D eigenvalue weighted by Gasteiger charge is 2.29. The topological polar surface area (TPSA) is 126 Å². The maximum atomic E-state index is 12.7. The Labute approximate surface area is 199 Å². The Morgan fingerprint density at radius 3 is 2.65 bits per heavy atom. The number of thiophene rings is 1. The van der Waals surface area contributed by atoms with Crippen molar-refractivity contribution in [2.75, 3.05) is 19.6 Å². The fraction of sp³-hybridized carbons (Fsp3) is 0.435. The van der Waals surface area contributed by atoms with Crippen LogP contribution in [0.2, 0.25) is 0 Å². The zero-order valence-corrected chi connectivity index (χ0v) is 20.1. The van der Waals surface area contributed by atoms with Crippen LogP contribution in [-0.4, -0.2) is 62.5 Å². The second-order valence-electron chi connectivity index (χ2n) is 9.20. The van der Waals surface area contributed by atoms with E-state index < -0.39 is 11.5 Å². The van der Waals surface area contributed by atoms with Crippen LogP contribution in [0, 0.1) is 0 Å². The number of ketones is 1. The molecule has 34 heavy (non-hydrogen) atoms. The lowest BCUT2D eigenvalue weighted by atomic mass is 9.93. The minimum absolute atomic E-state index is 0.0142. The van der Waals surface area contributed by atoms with Gasteiger partial charge in [-0.2, -0.15) is 5.10 Å². The summed E-state index contributed by atoms with van der Waals surface area (Å²) >= 11 is 1.31. The molecule has 4 heterocycles. The molecule has 0 unspecified atom stereocenters. The second kappa shape index (κ2) is 9.41. The third kappa shape index (κ3) is 5.19. The number of carbonyl (C=O) groups excluding carboxylic acids is 3. The van der Waals surface area contributed by atoms with Crippen molar-refractivity contribution in [3.05, 3.63) is 56.3 Å². The minimum Gasteiger partial charge on any atom is -0.444 e. The number of amides is 2. The second-order valence-corrected chi connectivity index (χ2v) is 10.1. The molecule has 0 bridgehead atoms. The normalized spacial score (nSPS) is 14.9. The molecule has 180 valence electrons. The van der Waals surface area contributed by atoms with Crippen LogP contribution >= 0.6 is 11.3 Å². The number of fused-ring (bicyclic) bond motifs is 1. The first kappa shape index (κ1) is 23.7. The Morgan fingerprint density at radius 2 is 2.00 bits per heavy atom. The van der Waals surface area contributed by atoms with Crippen molar-refractivity contribution in [1.82, 2.24) is 24.8 Å². The van der Waals surface area contributed by atoms with Crippen molar-refractivity contribution in [1.29, 1.82) is 0 Å². The van der Waals surface area contributed by atoms with Crippen molar-refractivity contribution in [2.24, 2.45) is 0 Å². The predicted octanol–water partition coefficient (Wildman–Crippen LogP) is 2.81. The monoisotopic (exact) mass is 485 g/mol. The van der Waals surface area contributed by atoms with Gasteiger partial charge in [0.1, 0.15) is 16.8 Å². The van der Waals surface area contributed by atoms with Gasteiger partial charge >= 0.3 is 6.09 Å². The average Bonchev–Trinajstić information content (AvgIpc) is 3.46. The number of hydrogen-bond acceptors (Lipinski definition) is 7. The Bertz CT molecular complexity index is 1260. The van der Waals surface area contributed by atoms with E-state index in [2.05, 4.69) is 15.4 Å². The van der Waals surface area contributed by atoms with Crippen molar-refractivity contribution < 1.29 is 19.1 Å². The summed E-state index contributed by atoms with van der Waals surface area (Å²) in [4.78, 5) is 54.6. The molecule has 2 N–H and O–H groups in total. The van der Waals surface area contributed by atoms with Gasteiger partial charge in [0.15, 0.2) is 5.78 Å². The number of nitrogens with one attached hydrogen (secondary N) is 2. The summed E-state index contributed by atoms with van der Waals surface area (Å²) in [5, 5.41) is 8.73.